The van der Waals surface area contributed by atoms with Crippen molar-refractivity contribution in [2.45, 2.75) is 26.3 Å². The van der Waals surface area contributed by atoms with Crippen molar-refractivity contribution in [2.75, 3.05) is 18.6 Å². The first-order valence-electron chi connectivity index (χ1n) is 11.3. The zero-order valence-electron chi connectivity index (χ0n) is 19.7. The van der Waals surface area contributed by atoms with Crippen LogP contribution in [0.15, 0.2) is 72.3 Å². The molecule has 1 aliphatic rings. The van der Waals surface area contributed by atoms with E-state index in [1.165, 1.54) is 30.2 Å². The molecule has 1 amide bonds. The number of benzene rings is 3. The summed E-state index contributed by atoms with van der Waals surface area (Å²) in [5.41, 5.74) is 1.48. The average Bonchev–Trinajstić information content (AvgIpc) is 3.14. The Morgan fingerprint density at radius 3 is 2.49 bits per heavy atom. The van der Waals surface area contributed by atoms with Crippen molar-refractivity contribution in [1.29, 1.82) is 0 Å². The van der Waals surface area contributed by atoms with E-state index in [1.54, 1.807) is 55.5 Å². The molecule has 0 aromatic heterocycles. The fourth-order valence-electron chi connectivity index (χ4n) is 4.12. The van der Waals surface area contributed by atoms with E-state index >= 15 is 0 Å². The molecular weight excluding hydrogens is 449 g/mol. The van der Waals surface area contributed by atoms with Gasteiger partial charge < -0.3 is 14.6 Å². The number of carbonyl (C=O) groups is 2. The van der Waals surface area contributed by atoms with Crippen molar-refractivity contribution in [2.24, 2.45) is 0 Å². The van der Waals surface area contributed by atoms with E-state index in [1.807, 2.05) is 6.92 Å². The van der Waals surface area contributed by atoms with Gasteiger partial charge in [-0.1, -0.05) is 25.1 Å². The van der Waals surface area contributed by atoms with Gasteiger partial charge in [0.1, 0.15) is 23.1 Å². The first-order valence-corrected chi connectivity index (χ1v) is 11.3. The standard InChI is InChI=1S/C28H26FNO5/c1-4-13-35-22-10-6-8-20(16-22)30-25(18-7-5-9-21(15-18)34-3)24(27(32)28(30)33)26(31)19-11-12-23(29)17(2)14-19/h5-12,14-16,25,31H,4,13H2,1-3H3/b26-24+. The first-order chi connectivity index (χ1) is 16.8. The molecule has 1 aliphatic heterocycles. The lowest BCUT2D eigenvalue weighted by Gasteiger charge is -2.26. The predicted octanol–water partition coefficient (Wildman–Crippen LogP) is 5.56. The number of halogens is 1. The summed E-state index contributed by atoms with van der Waals surface area (Å²) < 4.78 is 24.9. The van der Waals surface area contributed by atoms with Gasteiger partial charge in [-0.15, -0.1) is 0 Å². The van der Waals surface area contributed by atoms with Gasteiger partial charge in [0.15, 0.2) is 0 Å². The number of amides is 1. The lowest BCUT2D eigenvalue weighted by Crippen LogP contribution is -2.29. The fourth-order valence-corrected chi connectivity index (χ4v) is 4.12. The molecule has 35 heavy (non-hydrogen) atoms. The normalized spacial score (nSPS) is 17.0. The SMILES string of the molecule is CCCOc1cccc(N2C(=O)C(=O)/C(=C(/O)c3ccc(F)c(C)c3)C2c2cccc(OC)c2)c1. The number of Topliss-reactive ketones (excluding diaryl/α,β-unsaturated/α-hetero) is 1. The van der Waals surface area contributed by atoms with Gasteiger partial charge in [0.25, 0.3) is 11.7 Å². The molecule has 1 fully saturated rings. The van der Waals surface area contributed by atoms with E-state index in [2.05, 4.69) is 0 Å². The summed E-state index contributed by atoms with van der Waals surface area (Å²) in [6, 6.07) is 17.0. The number of ketones is 1. The Kier molecular flexibility index (Phi) is 6.87. The van der Waals surface area contributed by atoms with Gasteiger partial charge in [0.05, 0.1) is 25.3 Å². The summed E-state index contributed by atoms with van der Waals surface area (Å²) in [5, 5.41) is 11.2. The van der Waals surface area contributed by atoms with Crippen LogP contribution in [0.5, 0.6) is 11.5 Å². The minimum atomic E-state index is -0.933. The summed E-state index contributed by atoms with van der Waals surface area (Å²) in [6.07, 6.45) is 0.815. The van der Waals surface area contributed by atoms with E-state index in [0.29, 0.717) is 34.9 Å². The van der Waals surface area contributed by atoms with Crippen LogP contribution in [-0.2, 0) is 9.59 Å². The molecule has 1 atom stereocenters. The first kappa shape index (κ1) is 24.0. The van der Waals surface area contributed by atoms with Gasteiger partial charge >= 0.3 is 0 Å². The molecule has 4 rings (SSSR count). The van der Waals surface area contributed by atoms with Crippen LogP contribution in [0.25, 0.3) is 5.76 Å². The van der Waals surface area contributed by atoms with Crippen LogP contribution in [0.1, 0.15) is 36.1 Å². The van der Waals surface area contributed by atoms with Crippen LogP contribution < -0.4 is 14.4 Å². The number of hydrogen-bond donors (Lipinski definition) is 1. The van der Waals surface area contributed by atoms with Crippen LogP contribution in [-0.4, -0.2) is 30.5 Å². The van der Waals surface area contributed by atoms with Gasteiger partial charge in [-0.25, -0.2) is 4.39 Å². The number of carbonyl (C=O) groups excluding carboxylic acids is 2. The summed E-state index contributed by atoms with van der Waals surface area (Å²) >= 11 is 0. The molecule has 1 N–H and O–H groups in total. The molecule has 0 radical (unpaired) electrons. The number of aliphatic hydroxyl groups excluding tert-OH is 1. The average molecular weight is 476 g/mol. The van der Waals surface area contributed by atoms with E-state index in [4.69, 9.17) is 9.47 Å². The van der Waals surface area contributed by atoms with Crippen molar-refractivity contribution < 1.29 is 28.6 Å². The lowest BCUT2D eigenvalue weighted by atomic mass is 9.94. The Morgan fingerprint density at radius 1 is 1.03 bits per heavy atom. The largest absolute Gasteiger partial charge is 0.507 e. The van der Waals surface area contributed by atoms with Gasteiger partial charge in [0.2, 0.25) is 0 Å². The number of aryl methyl sites for hydroxylation is 1. The van der Waals surface area contributed by atoms with Gasteiger partial charge in [-0.2, -0.15) is 0 Å². The maximum atomic E-state index is 13.9. The van der Waals surface area contributed by atoms with Gasteiger partial charge in [0, 0.05) is 17.3 Å². The fraction of sp³-hybridized carbons (Fsp3) is 0.214. The number of nitrogens with zero attached hydrogens (tertiary/aromatic N) is 1. The number of rotatable bonds is 7. The van der Waals surface area contributed by atoms with Crippen LogP contribution in [0.4, 0.5) is 10.1 Å². The maximum absolute atomic E-state index is 13.9. The Hall–Kier alpha value is -4.13. The topological polar surface area (TPSA) is 76.1 Å². The van der Waals surface area contributed by atoms with Gasteiger partial charge in [-0.05, 0) is 66.9 Å². The number of ether oxygens (including phenoxy) is 2. The molecule has 0 saturated carbocycles. The van der Waals surface area contributed by atoms with Crippen LogP contribution in [0.3, 0.4) is 0 Å². The zero-order valence-corrected chi connectivity index (χ0v) is 19.7. The highest BCUT2D eigenvalue weighted by Crippen LogP contribution is 2.43. The molecule has 7 heteroatoms. The molecule has 0 bridgehead atoms. The number of methoxy groups -OCH3 is 1. The summed E-state index contributed by atoms with van der Waals surface area (Å²) in [7, 11) is 1.52. The van der Waals surface area contributed by atoms with Crippen molar-refractivity contribution in [1.82, 2.24) is 0 Å². The van der Waals surface area contributed by atoms with E-state index in [-0.39, 0.29) is 16.9 Å². The Labute approximate surface area is 203 Å². The third kappa shape index (κ3) is 4.62. The summed E-state index contributed by atoms with van der Waals surface area (Å²) in [4.78, 5) is 28.0. The Bertz CT molecular complexity index is 1320. The second kappa shape index (κ2) is 10.0. The molecule has 1 saturated heterocycles. The van der Waals surface area contributed by atoms with Crippen LogP contribution >= 0.6 is 0 Å². The highest BCUT2D eigenvalue weighted by Gasteiger charge is 2.47. The van der Waals surface area contributed by atoms with Crippen molar-refractivity contribution in [3.8, 4) is 11.5 Å². The van der Waals surface area contributed by atoms with E-state index in [9.17, 15) is 19.1 Å². The highest BCUT2D eigenvalue weighted by molar-refractivity contribution is 6.51. The highest BCUT2D eigenvalue weighted by atomic mass is 19.1. The summed E-state index contributed by atoms with van der Waals surface area (Å²) in [5.74, 6) is -1.34. The monoisotopic (exact) mass is 475 g/mol. The predicted molar refractivity (Wildman–Crippen MR) is 131 cm³/mol. The van der Waals surface area contributed by atoms with Gasteiger partial charge in [-0.3, -0.25) is 14.5 Å². The zero-order chi connectivity index (χ0) is 25.1. The van der Waals surface area contributed by atoms with E-state index < -0.39 is 23.5 Å². The molecule has 1 unspecified atom stereocenters. The van der Waals surface area contributed by atoms with Crippen molar-refractivity contribution in [3.05, 3.63) is 94.8 Å². The Morgan fingerprint density at radius 2 is 1.77 bits per heavy atom. The molecule has 0 aliphatic carbocycles. The maximum Gasteiger partial charge on any atom is 0.300 e. The van der Waals surface area contributed by atoms with Crippen LogP contribution in [0, 0.1) is 12.7 Å². The minimum absolute atomic E-state index is 0.0888. The number of aliphatic hydroxyl groups is 1. The molecule has 3 aromatic carbocycles. The molecule has 0 spiro atoms. The minimum Gasteiger partial charge on any atom is -0.507 e. The molecular formula is C28H26FNO5. The van der Waals surface area contributed by atoms with Crippen LogP contribution in [0.2, 0.25) is 0 Å². The van der Waals surface area contributed by atoms with E-state index in [0.717, 1.165) is 6.42 Å². The molecule has 3 aromatic rings. The number of hydrogen-bond acceptors (Lipinski definition) is 5. The molecule has 180 valence electrons. The number of anilines is 1. The second-order valence-electron chi connectivity index (χ2n) is 8.26. The lowest BCUT2D eigenvalue weighted by molar-refractivity contribution is -0.132. The smallest absolute Gasteiger partial charge is 0.300 e. The second-order valence-corrected chi connectivity index (χ2v) is 8.26. The third-order valence-electron chi connectivity index (χ3n) is 5.85. The molecule has 6 nitrogen and oxygen atoms in total. The van der Waals surface area contributed by atoms with Crippen molar-refractivity contribution >= 4 is 23.1 Å². The Balaban J connectivity index is 1.92. The van der Waals surface area contributed by atoms with Crippen molar-refractivity contribution in [3.63, 3.8) is 0 Å². The third-order valence-corrected chi connectivity index (χ3v) is 5.85. The summed E-state index contributed by atoms with van der Waals surface area (Å²) in [6.45, 7) is 4.06. The molecule has 1 heterocycles. The quantitative estimate of drug-likeness (QED) is 0.275.